The minimum absolute atomic E-state index is 0.324. The van der Waals surface area contributed by atoms with E-state index < -0.39 is 35.6 Å². The third-order valence-corrected chi connectivity index (χ3v) is 3.01. The van der Waals surface area contributed by atoms with E-state index in [1.54, 1.807) is 0 Å². The molecule has 0 aliphatic heterocycles. The van der Waals surface area contributed by atoms with Gasteiger partial charge in [-0.2, -0.15) is 30.7 Å². The van der Waals surface area contributed by atoms with Crippen molar-refractivity contribution in [2.75, 3.05) is 0 Å². The van der Waals surface area contributed by atoms with E-state index in [0.29, 0.717) is 0 Å². The van der Waals surface area contributed by atoms with Gasteiger partial charge in [-0.05, 0) is 5.41 Å². The number of carbonyl (C=O) groups is 1. The molecular weight excluding hydrogens is 301 g/mol. The van der Waals surface area contributed by atoms with E-state index in [9.17, 15) is 35.5 Å². The van der Waals surface area contributed by atoms with Crippen LogP contribution in [0.15, 0.2) is 0 Å². The highest BCUT2D eigenvalue weighted by molar-refractivity contribution is 7.80. The highest BCUT2D eigenvalue weighted by Crippen LogP contribution is 2.47. The highest BCUT2D eigenvalue weighted by Gasteiger charge is 2.75. The summed E-state index contributed by atoms with van der Waals surface area (Å²) in [6.07, 6.45) is -7.84. The zero-order valence-corrected chi connectivity index (χ0v) is 11.0. The molecular formula is C10H11F7OS. The molecule has 0 bridgehead atoms. The molecule has 19 heavy (non-hydrogen) atoms. The van der Waals surface area contributed by atoms with Gasteiger partial charge in [-0.1, -0.05) is 33.0 Å². The normalized spacial score (nSPS) is 14.4. The fourth-order valence-electron chi connectivity index (χ4n) is 0.875. The molecule has 0 saturated heterocycles. The predicted molar refractivity (Wildman–Crippen MR) is 57.6 cm³/mol. The molecule has 0 aromatic carbocycles. The van der Waals surface area contributed by atoms with Crippen LogP contribution >= 0.6 is 12.2 Å². The summed E-state index contributed by atoms with van der Waals surface area (Å²) in [6, 6.07) is 0. The molecule has 0 saturated carbocycles. The van der Waals surface area contributed by atoms with Crippen molar-refractivity contribution in [1.29, 1.82) is 0 Å². The van der Waals surface area contributed by atoms with E-state index in [2.05, 4.69) is 12.2 Å². The van der Waals surface area contributed by atoms with Crippen LogP contribution in [-0.2, 0) is 4.79 Å². The van der Waals surface area contributed by atoms with E-state index in [1.807, 2.05) is 0 Å². The molecule has 0 aliphatic carbocycles. The lowest BCUT2D eigenvalue weighted by Crippen LogP contribution is -2.56. The van der Waals surface area contributed by atoms with Crippen LogP contribution in [0.4, 0.5) is 30.7 Å². The van der Waals surface area contributed by atoms with Crippen LogP contribution in [0.2, 0.25) is 0 Å². The van der Waals surface area contributed by atoms with Crippen molar-refractivity contribution in [3.63, 3.8) is 0 Å². The number of hydrogen-bond donors (Lipinski definition) is 0. The molecule has 0 N–H and O–H groups in total. The molecule has 0 unspecified atom stereocenters. The SMILES string of the molecule is CC(C)(C)C(=S)CC(=O)C(F)(F)C(F)(F)C(F)(F)F. The number of hydrogen-bond acceptors (Lipinski definition) is 2. The molecule has 0 heterocycles. The lowest BCUT2D eigenvalue weighted by atomic mass is 9.87. The second-order valence-electron chi connectivity index (χ2n) is 4.92. The summed E-state index contributed by atoms with van der Waals surface area (Å²) >= 11 is 4.57. The molecule has 0 amide bonds. The van der Waals surface area contributed by atoms with E-state index >= 15 is 0 Å². The second-order valence-corrected chi connectivity index (χ2v) is 5.41. The lowest BCUT2D eigenvalue weighted by molar-refractivity contribution is -0.343. The number of carbonyl (C=O) groups excluding carboxylic acids is 1. The molecule has 1 nitrogen and oxygen atoms in total. The van der Waals surface area contributed by atoms with Crippen LogP contribution in [0.3, 0.4) is 0 Å². The summed E-state index contributed by atoms with van der Waals surface area (Å²) in [5.74, 6) is -14.8. The standard InChI is InChI=1S/C10H11F7OS/c1-7(2,3)6(19)4-5(18)8(11,12)9(13,14)10(15,16)17/h4H2,1-3H3. The van der Waals surface area contributed by atoms with Gasteiger partial charge in [-0.3, -0.25) is 4.79 Å². The Morgan fingerprint density at radius 3 is 1.58 bits per heavy atom. The average Bonchev–Trinajstić information content (AvgIpc) is 2.13. The van der Waals surface area contributed by atoms with Gasteiger partial charge >= 0.3 is 18.0 Å². The third kappa shape index (κ3) is 3.64. The van der Waals surface area contributed by atoms with Crippen molar-refractivity contribution < 1.29 is 35.5 Å². The topological polar surface area (TPSA) is 17.1 Å². The van der Waals surface area contributed by atoms with Crippen molar-refractivity contribution in [2.24, 2.45) is 5.41 Å². The maximum atomic E-state index is 13.0. The molecule has 0 spiro atoms. The Morgan fingerprint density at radius 2 is 1.32 bits per heavy atom. The molecule has 0 radical (unpaired) electrons. The molecule has 0 rings (SSSR count). The molecule has 0 fully saturated rings. The van der Waals surface area contributed by atoms with Gasteiger partial charge in [-0.15, -0.1) is 0 Å². The summed E-state index contributed by atoms with van der Waals surface area (Å²) < 4.78 is 86.6. The van der Waals surface area contributed by atoms with Crippen LogP contribution in [0.5, 0.6) is 0 Å². The Bertz CT molecular complexity index is 378. The number of rotatable bonds is 4. The van der Waals surface area contributed by atoms with Crippen LogP contribution in [-0.4, -0.2) is 28.7 Å². The first-order chi connectivity index (χ1) is 8.05. The van der Waals surface area contributed by atoms with Crippen molar-refractivity contribution in [2.45, 2.75) is 45.2 Å². The fourth-order valence-corrected chi connectivity index (χ4v) is 1.01. The van der Waals surface area contributed by atoms with E-state index in [0.717, 1.165) is 0 Å². The average molecular weight is 312 g/mol. The zero-order valence-electron chi connectivity index (χ0n) is 10.2. The van der Waals surface area contributed by atoms with Gasteiger partial charge in [-0.25, -0.2) is 0 Å². The minimum Gasteiger partial charge on any atom is -0.292 e. The molecule has 0 aromatic rings. The van der Waals surface area contributed by atoms with Gasteiger partial charge in [0, 0.05) is 11.3 Å². The van der Waals surface area contributed by atoms with E-state index in [4.69, 9.17) is 0 Å². The van der Waals surface area contributed by atoms with Crippen molar-refractivity contribution >= 4 is 22.9 Å². The maximum absolute atomic E-state index is 13.0. The summed E-state index contributed by atoms with van der Waals surface area (Å²) in [6.45, 7) is 4.26. The van der Waals surface area contributed by atoms with E-state index in [1.165, 1.54) is 20.8 Å². The molecule has 9 heteroatoms. The Labute approximate surface area is 110 Å². The van der Waals surface area contributed by atoms with Crippen molar-refractivity contribution in [1.82, 2.24) is 0 Å². The van der Waals surface area contributed by atoms with Gasteiger partial charge in [0.05, 0.1) is 0 Å². The minimum atomic E-state index is -6.52. The lowest BCUT2D eigenvalue weighted by Gasteiger charge is -2.28. The number of halogens is 7. The second kappa shape index (κ2) is 4.99. The highest BCUT2D eigenvalue weighted by atomic mass is 32.1. The van der Waals surface area contributed by atoms with Crippen molar-refractivity contribution in [3.8, 4) is 0 Å². The van der Waals surface area contributed by atoms with Gasteiger partial charge in [0.2, 0.25) is 5.78 Å². The number of alkyl halides is 7. The zero-order chi connectivity index (χ0) is 15.9. The summed E-state index contributed by atoms with van der Waals surface area (Å²) in [7, 11) is 0. The van der Waals surface area contributed by atoms with Crippen LogP contribution in [0.25, 0.3) is 0 Å². The fraction of sp³-hybridized carbons (Fsp3) is 0.800. The number of Topliss-reactive ketones (excluding diaryl/α,β-unsaturated/α-hetero) is 1. The van der Waals surface area contributed by atoms with E-state index in [-0.39, 0.29) is 4.86 Å². The van der Waals surface area contributed by atoms with Gasteiger partial charge in [0.15, 0.2) is 0 Å². The van der Waals surface area contributed by atoms with Crippen LogP contribution < -0.4 is 0 Å². The Kier molecular flexibility index (Phi) is 4.80. The largest absolute Gasteiger partial charge is 0.460 e. The summed E-state index contributed by atoms with van der Waals surface area (Å²) in [5, 5.41) is 0. The number of ketones is 1. The first kappa shape index (κ1) is 18.3. The van der Waals surface area contributed by atoms with Gasteiger partial charge < -0.3 is 0 Å². The van der Waals surface area contributed by atoms with Gasteiger partial charge in [0.1, 0.15) is 0 Å². The Morgan fingerprint density at radius 1 is 0.947 bits per heavy atom. The predicted octanol–water partition coefficient (Wildman–Crippen LogP) is 4.19. The Hall–Kier alpha value is -0.730. The van der Waals surface area contributed by atoms with Crippen LogP contribution in [0.1, 0.15) is 27.2 Å². The summed E-state index contributed by atoms with van der Waals surface area (Å²) in [5.41, 5.74) is -0.936. The molecule has 0 aliphatic rings. The third-order valence-electron chi connectivity index (χ3n) is 2.26. The first-order valence-corrected chi connectivity index (χ1v) is 5.35. The van der Waals surface area contributed by atoms with Gasteiger partial charge in [0.25, 0.3) is 0 Å². The molecule has 0 aromatic heterocycles. The smallest absolute Gasteiger partial charge is 0.292 e. The first-order valence-electron chi connectivity index (χ1n) is 4.94. The summed E-state index contributed by atoms with van der Waals surface area (Å²) in [4.78, 5) is 10.7. The Balaban J connectivity index is 5.25. The molecule has 112 valence electrons. The quantitative estimate of drug-likeness (QED) is 0.572. The maximum Gasteiger partial charge on any atom is 0.460 e. The molecule has 0 atom stereocenters. The number of thiocarbonyl (C=S) groups is 1. The van der Waals surface area contributed by atoms with Crippen molar-refractivity contribution in [3.05, 3.63) is 0 Å². The monoisotopic (exact) mass is 312 g/mol. The van der Waals surface area contributed by atoms with Crippen LogP contribution in [0, 0.1) is 5.41 Å².